The highest BCUT2D eigenvalue weighted by Gasteiger charge is 1.89. The first kappa shape index (κ1) is 12.3. The Morgan fingerprint density at radius 2 is 1.80 bits per heavy atom. The summed E-state index contributed by atoms with van der Waals surface area (Å²) >= 11 is 5.81. The molecule has 0 heterocycles. The summed E-state index contributed by atoms with van der Waals surface area (Å²) in [6, 6.07) is 8.06. The van der Waals surface area contributed by atoms with E-state index in [1.54, 1.807) is 0 Å². The molecule has 0 saturated carbocycles. The molecule has 15 heavy (non-hydrogen) atoms. The summed E-state index contributed by atoms with van der Waals surface area (Å²) in [6.07, 6.45) is 10.7. The van der Waals surface area contributed by atoms with Gasteiger partial charge < -0.3 is 0 Å². The Balaban J connectivity index is 2.22. The van der Waals surface area contributed by atoms with Crippen LogP contribution in [0.4, 0.5) is 0 Å². The maximum Gasteiger partial charge on any atom is 0.0406 e. The van der Waals surface area contributed by atoms with Crippen LogP contribution in [0.25, 0.3) is 0 Å². The van der Waals surface area contributed by atoms with Gasteiger partial charge in [-0.2, -0.15) is 0 Å². The molecule has 0 N–H and O–H groups in total. The van der Waals surface area contributed by atoms with Crippen molar-refractivity contribution in [2.75, 3.05) is 0 Å². The maximum absolute atomic E-state index is 5.81. The highest BCUT2D eigenvalue weighted by Crippen LogP contribution is 2.10. The second-order valence-corrected chi connectivity index (χ2v) is 4.23. The molecule has 0 aliphatic heterocycles. The normalized spacial score (nSPS) is 11.1. The fourth-order valence-corrected chi connectivity index (χ4v) is 1.60. The standard InChI is InChI=1S/C14H19Cl/c1-2-3-4-5-6-7-8-13-9-11-14(15)12-10-13/h6-7,9-12H,2-5,8H2,1H3/b7-6+. The summed E-state index contributed by atoms with van der Waals surface area (Å²) < 4.78 is 0. The smallest absolute Gasteiger partial charge is 0.0406 e. The van der Waals surface area contributed by atoms with Crippen molar-refractivity contribution in [3.63, 3.8) is 0 Å². The van der Waals surface area contributed by atoms with E-state index in [2.05, 4.69) is 31.2 Å². The molecule has 1 heteroatoms. The van der Waals surface area contributed by atoms with E-state index >= 15 is 0 Å². The van der Waals surface area contributed by atoms with E-state index in [-0.39, 0.29) is 0 Å². The first-order chi connectivity index (χ1) is 7.33. The van der Waals surface area contributed by atoms with Crippen molar-refractivity contribution < 1.29 is 0 Å². The molecule has 0 spiro atoms. The summed E-state index contributed by atoms with van der Waals surface area (Å²) in [4.78, 5) is 0. The van der Waals surface area contributed by atoms with Gasteiger partial charge in [-0.3, -0.25) is 0 Å². The lowest BCUT2D eigenvalue weighted by Gasteiger charge is -1.96. The van der Waals surface area contributed by atoms with E-state index in [4.69, 9.17) is 11.6 Å². The van der Waals surface area contributed by atoms with Crippen LogP contribution in [0.15, 0.2) is 36.4 Å². The van der Waals surface area contributed by atoms with E-state index < -0.39 is 0 Å². The molecule has 0 aromatic heterocycles. The Morgan fingerprint density at radius 3 is 2.47 bits per heavy atom. The van der Waals surface area contributed by atoms with Crippen molar-refractivity contribution >= 4 is 11.6 Å². The summed E-state index contributed by atoms with van der Waals surface area (Å²) in [5.74, 6) is 0. The van der Waals surface area contributed by atoms with Crippen molar-refractivity contribution in [3.8, 4) is 0 Å². The minimum absolute atomic E-state index is 0.811. The molecule has 0 nitrogen and oxygen atoms in total. The van der Waals surface area contributed by atoms with Crippen molar-refractivity contribution in [1.29, 1.82) is 0 Å². The van der Waals surface area contributed by atoms with Gasteiger partial charge in [-0.05, 0) is 37.0 Å². The average Bonchev–Trinajstić information content (AvgIpc) is 2.26. The van der Waals surface area contributed by atoms with Gasteiger partial charge in [-0.25, -0.2) is 0 Å². The van der Waals surface area contributed by atoms with Gasteiger partial charge in [0.05, 0.1) is 0 Å². The SMILES string of the molecule is CCCCC/C=C/Cc1ccc(Cl)cc1. The van der Waals surface area contributed by atoms with Crippen LogP contribution in [0.5, 0.6) is 0 Å². The van der Waals surface area contributed by atoms with Crippen molar-refractivity contribution in [1.82, 2.24) is 0 Å². The van der Waals surface area contributed by atoms with Crippen LogP contribution in [0, 0.1) is 0 Å². The van der Waals surface area contributed by atoms with Gasteiger partial charge in [0.15, 0.2) is 0 Å². The predicted octanol–water partition coefficient (Wildman–Crippen LogP) is 5.02. The molecular formula is C14H19Cl. The maximum atomic E-state index is 5.81. The largest absolute Gasteiger partial charge is 0.0882 e. The molecule has 0 fully saturated rings. The second-order valence-electron chi connectivity index (χ2n) is 3.80. The molecule has 0 bridgehead atoms. The molecule has 0 radical (unpaired) electrons. The summed E-state index contributed by atoms with van der Waals surface area (Å²) in [5, 5.41) is 0.811. The van der Waals surface area contributed by atoms with Crippen LogP contribution in [-0.4, -0.2) is 0 Å². The molecule has 0 amide bonds. The summed E-state index contributed by atoms with van der Waals surface area (Å²) in [7, 11) is 0. The molecule has 82 valence electrons. The van der Waals surface area contributed by atoms with Crippen LogP contribution >= 0.6 is 11.6 Å². The van der Waals surface area contributed by atoms with Gasteiger partial charge in [0.25, 0.3) is 0 Å². The van der Waals surface area contributed by atoms with Gasteiger partial charge in [0, 0.05) is 5.02 Å². The Kier molecular flexibility index (Phi) is 6.18. The zero-order valence-electron chi connectivity index (χ0n) is 9.38. The molecule has 0 saturated heterocycles. The van der Waals surface area contributed by atoms with Crippen LogP contribution < -0.4 is 0 Å². The van der Waals surface area contributed by atoms with E-state index in [0.717, 1.165) is 11.4 Å². The molecule has 0 aliphatic rings. The van der Waals surface area contributed by atoms with Crippen LogP contribution in [0.2, 0.25) is 5.02 Å². The van der Waals surface area contributed by atoms with Gasteiger partial charge in [0.1, 0.15) is 0 Å². The molecule has 0 aliphatic carbocycles. The zero-order chi connectivity index (χ0) is 10.9. The number of benzene rings is 1. The molecule has 1 aromatic rings. The number of hydrogen-bond acceptors (Lipinski definition) is 0. The number of unbranched alkanes of at least 4 members (excludes halogenated alkanes) is 3. The van der Waals surface area contributed by atoms with E-state index in [9.17, 15) is 0 Å². The quantitative estimate of drug-likeness (QED) is 0.468. The van der Waals surface area contributed by atoms with Crippen molar-refractivity contribution in [3.05, 3.63) is 47.0 Å². The number of hydrogen-bond donors (Lipinski definition) is 0. The first-order valence-electron chi connectivity index (χ1n) is 5.72. The topological polar surface area (TPSA) is 0 Å². The van der Waals surface area contributed by atoms with Gasteiger partial charge in [0.2, 0.25) is 0 Å². The fourth-order valence-electron chi connectivity index (χ4n) is 1.47. The van der Waals surface area contributed by atoms with E-state index in [1.807, 2.05) is 12.1 Å². The number of allylic oxidation sites excluding steroid dienone is 2. The first-order valence-corrected chi connectivity index (χ1v) is 6.10. The monoisotopic (exact) mass is 222 g/mol. The lowest BCUT2D eigenvalue weighted by Crippen LogP contribution is -1.79. The predicted molar refractivity (Wildman–Crippen MR) is 68.4 cm³/mol. The third-order valence-corrected chi connectivity index (χ3v) is 2.66. The van der Waals surface area contributed by atoms with Crippen LogP contribution in [0.3, 0.4) is 0 Å². The van der Waals surface area contributed by atoms with Gasteiger partial charge >= 0.3 is 0 Å². The molecule has 1 aromatic carbocycles. The Labute approximate surface area is 98.0 Å². The average molecular weight is 223 g/mol. The summed E-state index contributed by atoms with van der Waals surface area (Å²) in [6.45, 7) is 2.23. The Hall–Kier alpha value is -0.750. The third-order valence-electron chi connectivity index (χ3n) is 2.41. The Bertz CT molecular complexity index is 285. The highest BCUT2D eigenvalue weighted by molar-refractivity contribution is 6.30. The lowest BCUT2D eigenvalue weighted by molar-refractivity contribution is 0.728. The second kappa shape index (κ2) is 7.53. The molecular weight excluding hydrogens is 204 g/mol. The Morgan fingerprint density at radius 1 is 1.07 bits per heavy atom. The molecule has 0 unspecified atom stereocenters. The fraction of sp³-hybridized carbons (Fsp3) is 0.429. The molecule has 1 rings (SSSR count). The number of rotatable bonds is 6. The van der Waals surface area contributed by atoms with Crippen molar-refractivity contribution in [2.45, 2.75) is 39.0 Å². The zero-order valence-corrected chi connectivity index (χ0v) is 10.1. The lowest BCUT2D eigenvalue weighted by atomic mass is 10.1. The minimum Gasteiger partial charge on any atom is -0.0882 e. The number of halogens is 1. The van der Waals surface area contributed by atoms with Crippen LogP contribution in [0.1, 0.15) is 38.2 Å². The van der Waals surface area contributed by atoms with E-state index in [1.165, 1.54) is 31.2 Å². The van der Waals surface area contributed by atoms with Crippen molar-refractivity contribution in [2.24, 2.45) is 0 Å². The van der Waals surface area contributed by atoms with Crippen LogP contribution in [-0.2, 0) is 6.42 Å². The molecule has 0 atom stereocenters. The van der Waals surface area contributed by atoms with Gasteiger partial charge in [-0.15, -0.1) is 0 Å². The highest BCUT2D eigenvalue weighted by atomic mass is 35.5. The minimum atomic E-state index is 0.811. The van der Waals surface area contributed by atoms with E-state index in [0.29, 0.717) is 0 Å². The third kappa shape index (κ3) is 5.64. The summed E-state index contributed by atoms with van der Waals surface area (Å²) in [5.41, 5.74) is 1.33. The van der Waals surface area contributed by atoms with Gasteiger partial charge in [-0.1, -0.05) is 55.7 Å².